The number of rotatable bonds is 4. The number of hydrogen-bond donors (Lipinski definition) is 1. The summed E-state index contributed by atoms with van der Waals surface area (Å²) in [6, 6.07) is 3.34. The van der Waals surface area contributed by atoms with Crippen LogP contribution in [0.3, 0.4) is 0 Å². The smallest absolute Gasteiger partial charge is 0.412 e. The standard InChI is InChI=1S/C13H14BrN3O4/c1-3-20-11(18)6-8-7-17-10(14)5-4-9(12(17)16-8)21-13(19)15-2/h4-5,7H,3,6H2,1-2H3,(H,15,19). The van der Waals surface area contributed by atoms with Crippen molar-refractivity contribution in [2.24, 2.45) is 0 Å². The van der Waals surface area contributed by atoms with Crippen molar-refractivity contribution in [2.45, 2.75) is 13.3 Å². The van der Waals surface area contributed by atoms with Gasteiger partial charge in [-0.1, -0.05) is 0 Å². The predicted octanol–water partition coefficient (Wildman–Crippen LogP) is 1.92. The Bertz CT molecular complexity index is 683. The lowest BCUT2D eigenvalue weighted by molar-refractivity contribution is -0.142. The highest BCUT2D eigenvalue weighted by Gasteiger charge is 2.14. The summed E-state index contributed by atoms with van der Waals surface area (Å²) < 4.78 is 12.4. The van der Waals surface area contributed by atoms with Crippen LogP contribution >= 0.6 is 15.9 Å². The minimum atomic E-state index is -0.589. The van der Waals surface area contributed by atoms with Crippen molar-refractivity contribution in [3.8, 4) is 5.75 Å². The average molecular weight is 356 g/mol. The molecular weight excluding hydrogens is 342 g/mol. The Kier molecular flexibility index (Phi) is 4.79. The maximum Gasteiger partial charge on any atom is 0.412 e. The summed E-state index contributed by atoms with van der Waals surface area (Å²) in [7, 11) is 1.47. The molecule has 0 radical (unpaired) electrons. The fourth-order valence-electron chi connectivity index (χ4n) is 1.74. The second-order valence-corrected chi connectivity index (χ2v) is 4.88. The number of pyridine rings is 1. The number of nitrogens with one attached hydrogen (secondary N) is 1. The number of nitrogens with zero attached hydrogens (tertiary/aromatic N) is 2. The van der Waals surface area contributed by atoms with Crippen LogP contribution in [0.1, 0.15) is 12.6 Å². The van der Waals surface area contributed by atoms with Gasteiger partial charge in [-0.3, -0.25) is 9.20 Å². The van der Waals surface area contributed by atoms with Crippen LogP contribution in [-0.2, 0) is 16.0 Å². The number of esters is 1. The van der Waals surface area contributed by atoms with E-state index in [0.29, 0.717) is 23.7 Å². The molecule has 1 amide bonds. The molecule has 0 bridgehead atoms. The number of halogens is 1. The molecule has 2 aromatic heterocycles. The quantitative estimate of drug-likeness (QED) is 0.669. The molecule has 0 aromatic carbocycles. The molecule has 8 heteroatoms. The van der Waals surface area contributed by atoms with Crippen LogP contribution in [-0.4, -0.2) is 35.1 Å². The van der Waals surface area contributed by atoms with Gasteiger partial charge < -0.3 is 14.8 Å². The molecule has 0 spiro atoms. The van der Waals surface area contributed by atoms with Gasteiger partial charge in [-0.05, 0) is 35.0 Å². The van der Waals surface area contributed by atoms with E-state index in [0.717, 1.165) is 4.60 Å². The summed E-state index contributed by atoms with van der Waals surface area (Å²) in [5.74, 6) is -0.0570. The highest BCUT2D eigenvalue weighted by Crippen LogP contribution is 2.24. The zero-order valence-corrected chi connectivity index (χ0v) is 13.1. The van der Waals surface area contributed by atoms with Crippen LogP contribution in [0.2, 0.25) is 0 Å². The third-order valence-corrected chi connectivity index (χ3v) is 3.26. The zero-order chi connectivity index (χ0) is 15.4. The van der Waals surface area contributed by atoms with Crippen molar-refractivity contribution >= 4 is 33.6 Å². The Labute approximate surface area is 129 Å². The van der Waals surface area contributed by atoms with Crippen LogP contribution in [0.25, 0.3) is 5.65 Å². The Morgan fingerprint density at radius 2 is 2.19 bits per heavy atom. The lowest BCUT2D eigenvalue weighted by atomic mass is 10.3. The molecule has 1 N–H and O–H groups in total. The maximum absolute atomic E-state index is 11.5. The molecule has 0 unspecified atom stereocenters. The van der Waals surface area contributed by atoms with E-state index in [9.17, 15) is 9.59 Å². The number of fused-ring (bicyclic) bond motifs is 1. The molecule has 112 valence electrons. The Balaban J connectivity index is 2.35. The van der Waals surface area contributed by atoms with Crippen molar-refractivity contribution < 1.29 is 19.1 Å². The van der Waals surface area contributed by atoms with E-state index in [-0.39, 0.29) is 12.4 Å². The minimum Gasteiger partial charge on any atom is -0.466 e. The first-order chi connectivity index (χ1) is 10.0. The lowest BCUT2D eigenvalue weighted by Gasteiger charge is -2.05. The summed E-state index contributed by atoms with van der Waals surface area (Å²) in [5, 5.41) is 2.36. The van der Waals surface area contributed by atoms with E-state index in [1.165, 1.54) is 7.05 Å². The van der Waals surface area contributed by atoms with Crippen LogP contribution < -0.4 is 10.1 Å². The first kappa shape index (κ1) is 15.3. The van der Waals surface area contributed by atoms with Gasteiger partial charge in [0.05, 0.1) is 23.3 Å². The minimum absolute atomic E-state index is 0.0569. The summed E-state index contributed by atoms with van der Waals surface area (Å²) in [6.07, 6.45) is 1.16. The topological polar surface area (TPSA) is 81.9 Å². The van der Waals surface area contributed by atoms with E-state index in [4.69, 9.17) is 9.47 Å². The zero-order valence-electron chi connectivity index (χ0n) is 11.6. The number of carbonyl (C=O) groups is 2. The largest absolute Gasteiger partial charge is 0.466 e. The summed E-state index contributed by atoms with van der Waals surface area (Å²) >= 11 is 3.38. The molecule has 0 aliphatic rings. The summed E-state index contributed by atoms with van der Waals surface area (Å²) in [5.41, 5.74) is 0.967. The number of ether oxygens (including phenoxy) is 2. The second kappa shape index (κ2) is 6.57. The number of carbonyl (C=O) groups excluding carboxylic acids is 2. The highest BCUT2D eigenvalue weighted by atomic mass is 79.9. The van der Waals surface area contributed by atoms with Crippen molar-refractivity contribution in [1.29, 1.82) is 0 Å². The molecule has 2 heterocycles. The maximum atomic E-state index is 11.5. The monoisotopic (exact) mass is 355 g/mol. The van der Waals surface area contributed by atoms with Crippen molar-refractivity contribution in [1.82, 2.24) is 14.7 Å². The Morgan fingerprint density at radius 3 is 2.86 bits per heavy atom. The van der Waals surface area contributed by atoms with Gasteiger partial charge in [0.1, 0.15) is 0 Å². The Hall–Kier alpha value is -2.09. The molecule has 21 heavy (non-hydrogen) atoms. The van der Waals surface area contributed by atoms with Gasteiger partial charge in [0.2, 0.25) is 0 Å². The molecule has 2 aromatic rings. The van der Waals surface area contributed by atoms with Gasteiger partial charge in [-0.15, -0.1) is 0 Å². The molecule has 0 saturated heterocycles. The van der Waals surface area contributed by atoms with Gasteiger partial charge in [0, 0.05) is 13.2 Å². The molecule has 0 aliphatic carbocycles. The van der Waals surface area contributed by atoms with Crippen LogP contribution in [0.15, 0.2) is 22.9 Å². The van der Waals surface area contributed by atoms with E-state index < -0.39 is 6.09 Å². The number of imidazole rings is 1. The SMILES string of the molecule is CCOC(=O)Cc1cn2c(Br)ccc(OC(=O)NC)c2n1. The van der Waals surface area contributed by atoms with Gasteiger partial charge in [-0.25, -0.2) is 9.78 Å². The first-order valence-corrected chi connectivity index (χ1v) is 7.06. The molecular formula is C13H14BrN3O4. The average Bonchev–Trinajstić information content (AvgIpc) is 2.86. The number of amides is 1. The molecule has 0 saturated carbocycles. The Morgan fingerprint density at radius 1 is 1.43 bits per heavy atom. The fourth-order valence-corrected chi connectivity index (χ4v) is 2.14. The molecule has 0 atom stereocenters. The van der Waals surface area contributed by atoms with Gasteiger partial charge in [-0.2, -0.15) is 0 Å². The van der Waals surface area contributed by atoms with Crippen LogP contribution in [0.4, 0.5) is 4.79 Å². The normalized spacial score (nSPS) is 10.4. The predicted molar refractivity (Wildman–Crippen MR) is 78.3 cm³/mol. The van der Waals surface area contributed by atoms with E-state index >= 15 is 0 Å². The van der Waals surface area contributed by atoms with E-state index in [1.807, 2.05) is 0 Å². The molecule has 2 rings (SSSR count). The van der Waals surface area contributed by atoms with E-state index in [1.54, 1.807) is 29.7 Å². The highest BCUT2D eigenvalue weighted by molar-refractivity contribution is 9.10. The lowest BCUT2D eigenvalue weighted by Crippen LogP contribution is -2.22. The van der Waals surface area contributed by atoms with Gasteiger partial charge in [0.15, 0.2) is 11.4 Å². The van der Waals surface area contributed by atoms with Crippen molar-refractivity contribution in [2.75, 3.05) is 13.7 Å². The molecule has 7 nitrogen and oxygen atoms in total. The van der Waals surface area contributed by atoms with Gasteiger partial charge in [0.25, 0.3) is 0 Å². The second-order valence-electron chi connectivity index (χ2n) is 4.07. The van der Waals surface area contributed by atoms with Crippen molar-refractivity contribution in [3.05, 3.63) is 28.6 Å². The first-order valence-electron chi connectivity index (χ1n) is 6.26. The van der Waals surface area contributed by atoms with Crippen molar-refractivity contribution in [3.63, 3.8) is 0 Å². The third-order valence-electron chi connectivity index (χ3n) is 2.62. The van der Waals surface area contributed by atoms with Gasteiger partial charge >= 0.3 is 12.1 Å². The summed E-state index contributed by atoms with van der Waals surface area (Å²) in [6.45, 7) is 2.06. The van der Waals surface area contributed by atoms with Crippen LogP contribution in [0, 0.1) is 0 Å². The van der Waals surface area contributed by atoms with E-state index in [2.05, 4.69) is 26.2 Å². The molecule has 0 fully saturated rings. The molecule has 0 aliphatic heterocycles. The summed E-state index contributed by atoms with van der Waals surface area (Å²) in [4.78, 5) is 27.1. The fraction of sp³-hybridized carbons (Fsp3) is 0.308. The van der Waals surface area contributed by atoms with Crippen LogP contribution in [0.5, 0.6) is 5.75 Å². The number of hydrogen-bond acceptors (Lipinski definition) is 5. The number of aromatic nitrogens is 2. The third kappa shape index (κ3) is 3.52.